The first-order valence-electron chi connectivity index (χ1n) is 6.97. The predicted octanol–water partition coefficient (Wildman–Crippen LogP) is 3.00. The van der Waals surface area contributed by atoms with Crippen molar-refractivity contribution in [3.63, 3.8) is 0 Å². The number of methoxy groups -OCH3 is 1. The zero-order valence-electron chi connectivity index (χ0n) is 12.3. The smallest absolute Gasteiger partial charge is 0.119 e. The predicted molar refractivity (Wildman–Crippen MR) is 82.9 cm³/mol. The maximum atomic E-state index is 9.50. The molecule has 1 atom stereocenters. The molecule has 0 amide bonds. The molecule has 0 spiro atoms. The van der Waals surface area contributed by atoms with Crippen molar-refractivity contribution in [3.05, 3.63) is 53.6 Å². The fourth-order valence-electron chi connectivity index (χ4n) is 2.21. The van der Waals surface area contributed by atoms with Gasteiger partial charge in [-0.15, -0.1) is 0 Å². The first-order valence-corrected chi connectivity index (χ1v) is 6.97. The first-order chi connectivity index (χ1) is 10.1. The summed E-state index contributed by atoms with van der Waals surface area (Å²) in [4.78, 5) is 0. The Hall–Kier alpha value is -2.20. The van der Waals surface area contributed by atoms with E-state index in [0.29, 0.717) is 0 Å². The minimum absolute atomic E-state index is 0.0567. The molecule has 0 fully saturated rings. The molecule has 0 aliphatic heterocycles. The van der Waals surface area contributed by atoms with Crippen LogP contribution in [0, 0.1) is 0 Å². The van der Waals surface area contributed by atoms with E-state index in [0.717, 1.165) is 24.3 Å². The molecule has 0 aromatic heterocycles. The third-order valence-corrected chi connectivity index (χ3v) is 3.45. The van der Waals surface area contributed by atoms with Crippen LogP contribution in [-0.4, -0.2) is 23.9 Å². The number of phenols is 2. The molecule has 4 heteroatoms. The normalized spacial score (nSPS) is 12.1. The van der Waals surface area contributed by atoms with Gasteiger partial charge in [-0.3, -0.25) is 0 Å². The average Bonchev–Trinajstić information content (AvgIpc) is 2.47. The number of hydrogen-bond acceptors (Lipinski definition) is 4. The maximum absolute atomic E-state index is 9.50. The van der Waals surface area contributed by atoms with Crippen LogP contribution in [0.2, 0.25) is 0 Å². The molecule has 0 aliphatic rings. The lowest BCUT2D eigenvalue weighted by atomic mass is 10.1. The van der Waals surface area contributed by atoms with Gasteiger partial charge < -0.3 is 20.3 Å². The molecule has 4 nitrogen and oxygen atoms in total. The second-order valence-corrected chi connectivity index (χ2v) is 5.06. The minimum atomic E-state index is 0.0567. The summed E-state index contributed by atoms with van der Waals surface area (Å²) in [6.07, 6.45) is 0.902. The summed E-state index contributed by atoms with van der Waals surface area (Å²) < 4.78 is 5.13. The molecular formula is C17H21NO3. The number of hydrogen-bond donors (Lipinski definition) is 3. The van der Waals surface area contributed by atoms with Crippen LogP contribution in [0.15, 0.2) is 42.5 Å². The summed E-state index contributed by atoms with van der Waals surface area (Å²) in [5.74, 6) is 1.01. The van der Waals surface area contributed by atoms with Crippen LogP contribution in [0.1, 0.15) is 24.1 Å². The highest BCUT2D eigenvalue weighted by molar-refractivity contribution is 5.38. The summed E-state index contributed by atoms with van der Waals surface area (Å²) in [7, 11) is 1.66. The molecule has 2 aromatic rings. The number of ether oxygens (including phenoxy) is 1. The molecule has 0 saturated carbocycles. The molecular weight excluding hydrogens is 266 g/mol. The molecule has 0 radical (unpaired) electrons. The molecule has 0 heterocycles. The lowest BCUT2D eigenvalue weighted by Gasteiger charge is -2.15. The SMILES string of the molecule is COc1ccc(CCNC(C)c2cc(O)cc(O)c2)cc1. The van der Waals surface area contributed by atoms with Crippen LogP contribution in [0.3, 0.4) is 0 Å². The van der Waals surface area contributed by atoms with Crippen molar-refractivity contribution in [3.8, 4) is 17.2 Å². The average molecular weight is 287 g/mol. The van der Waals surface area contributed by atoms with E-state index in [2.05, 4.69) is 5.32 Å². The van der Waals surface area contributed by atoms with Gasteiger partial charge in [0.15, 0.2) is 0 Å². The quantitative estimate of drug-likeness (QED) is 0.764. The number of aromatic hydroxyl groups is 2. The minimum Gasteiger partial charge on any atom is -0.508 e. The van der Waals surface area contributed by atoms with Crippen molar-refractivity contribution in [1.82, 2.24) is 5.32 Å². The maximum Gasteiger partial charge on any atom is 0.119 e. The zero-order valence-corrected chi connectivity index (χ0v) is 12.3. The lowest BCUT2D eigenvalue weighted by Crippen LogP contribution is -2.21. The number of benzene rings is 2. The zero-order chi connectivity index (χ0) is 15.2. The van der Waals surface area contributed by atoms with Crippen molar-refractivity contribution in [2.24, 2.45) is 0 Å². The monoisotopic (exact) mass is 287 g/mol. The summed E-state index contributed by atoms with van der Waals surface area (Å²) in [6, 6.07) is 12.7. The van der Waals surface area contributed by atoms with Gasteiger partial charge >= 0.3 is 0 Å². The van der Waals surface area contributed by atoms with E-state index in [4.69, 9.17) is 4.74 Å². The van der Waals surface area contributed by atoms with Gasteiger partial charge in [0.25, 0.3) is 0 Å². The summed E-state index contributed by atoms with van der Waals surface area (Å²) in [6.45, 7) is 2.81. The van der Waals surface area contributed by atoms with Gasteiger partial charge in [0.1, 0.15) is 17.2 Å². The van der Waals surface area contributed by atoms with Crippen molar-refractivity contribution in [2.75, 3.05) is 13.7 Å². The summed E-state index contributed by atoms with van der Waals surface area (Å²) in [5, 5.41) is 22.4. The fourth-order valence-corrected chi connectivity index (χ4v) is 2.21. The first kappa shape index (κ1) is 15.2. The molecule has 2 aromatic carbocycles. The van der Waals surface area contributed by atoms with E-state index in [1.165, 1.54) is 11.6 Å². The van der Waals surface area contributed by atoms with E-state index in [-0.39, 0.29) is 17.5 Å². The van der Waals surface area contributed by atoms with E-state index in [1.807, 2.05) is 31.2 Å². The summed E-state index contributed by atoms with van der Waals surface area (Å²) in [5.41, 5.74) is 2.09. The molecule has 2 rings (SSSR count). The van der Waals surface area contributed by atoms with Crippen molar-refractivity contribution < 1.29 is 14.9 Å². The van der Waals surface area contributed by atoms with Gasteiger partial charge in [-0.05, 0) is 55.3 Å². The molecule has 112 valence electrons. The Morgan fingerprint density at radius 3 is 2.24 bits per heavy atom. The topological polar surface area (TPSA) is 61.7 Å². The van der Waals surface area contributed by atoms with Crippen LogP contribution >= 0.6 is 0 Å². The Balaban J connectivity index is 1.87. The second-order valence-electron chi connectivity index (χ2n) is 5.06. The van der Waals surface area contributed by atoms with E-state index < -0.39 is 0 Å². The van der Waals surface area contributed by atoms with Gasteiger partial charge in [0.05, 0.1) is 7.11 Å². The largest absolute Gasteiger partial charge is 0.508 e. The van der Waals surface area contributed by atoms with Gasteiger partial charge in [-0.1, -0.05) is 12.1 Å². The van der Waals surface area contributed by atoms with Gasteiger partial charge in [-0.25, -0.2) is 0 Å². The van der Waals surface area contributed by atoms with Crippen molar-refractivity contribution in [1.29, 1.82) is 0 Å². The molecule has 0 aliphatic carbocycles. The highest BCUT2D eigenvalue weighted by Crippen LogP contribution is 2.24. The number of nitrogens with one attached hydrogen (secondary N) is 1. The Labute approximate surface area is 125 Å². The highest BCUT2D eigenvalue weighted by Gasteiger charge is 2.07. The van der Waals surface area contributed by atoms with Crippen LogP contribution in [-0.2, 0) is 6.42 Å². The van der Waals surface area contributed by atoms with Gasteiger partial charge in [-0.2, -0.15) is 0 Å². The standard InChI is InChI=1S/C17H21NO3/c1-12(14-9-15(19)11-16(20)10-14)18-8-7-13-3-5-17(21-2)6-4-13/h3-6,9-12,18-20H,7-8H2,1-2H3. The number of phenolic OH excluding ortho intramolecular Hbond substituents is 2. The van der Waals surface area contributed by atoms with Crippen LogP contribution in [0.25, 0.3) is 0 Å². The van der Waals surface area contributed by atoms with Crippen molar-refractivity contribution >= 4 is 0 Å². The van der Waals surface area contributed by atoms with Gasteiger partial charge in [0, 0.05) is 12.1 Å². The fraction of sp³-hybridized carbons (Fsp3) is 0.294. The molecule has 1 unspecified atom stereocenters. The third-order valence-electron chi connectivity index (χ3n) is 3.45. The number of rotatable bonds is 6. The highest BCUT2D eigenvalue weighted by atomic mass is 16.5. The molecule has 0 saturated heterocycles. The third kappa shape index (κ3) is 4.39. The van der Waals surface area contributed by atoms with Crippen LogP contribution in [0.4, 0.5) is 0 Å². The van der Waals surface area contributed by atoms with Gasteiger partial charge in [0.2, 0.25) is 0 Å². The Morgan fingerprint density at radius 1 is 1.05 bits per heavy atom. The molecule has 3 N–H and O–H groups in total. The molecule has 21 heavy (non-hydrogen) atoms. The van der Waals surface area contributed by atoms with E-state index >= 15 is 0 Å². The molecule has 0 bridgehead atoms. The van der Waals surface area contributed by atoms with Crippen LogP contribution in [0.5, 0.6) is 17.2 Å². The Morgan fingerprint density at radius 2 is 1.67 bits per heavy atom. The van der Waals surface area contributed by atoms with E-state index in [1.54, 1.807) is 19.2 Å². The second kappa shape index (κ2) is 6.99. The summed E-state index contributed by atoms with van der Waals surface area (Å²) >= 11 is 0. The van der Waals surface area contributed by atoms with Crippen LogP contribution < -0.4 is 10.1 Å². The Bertz CT molecular complexity index is 561. The van der Waals surface area contributed by atoms with E-state index in [9.17, 15) is 10.2 Å². The lowest BCUT2D eigenvalue weighted by molar-refractivity contribution is 0.414. The van der Waals surface area contributed by atoms with Crippen molar-refractivity contribution in [2.45, 2.75) is 19.4 Å². The Kier molecular flexibility index (Phi) is 5.06.